The number of carbonyl (C=O) groups is 2. The molecule has 2 aliphatic rings. The van der Waals surface area contributed by atoms with Gasteiger partial charge >= 0.3 is 0 Å². The molecule has 0 spiro atoms. The van der Waals surface area contributed by atoms with Gasteiger partial charge in [-0.25, -0.2) is 0 Å². The van der Waals surface area contributed by atoms with Gasteiger partial charge in [0.2, 0.25) is 11.8 Å². The van der Waals surface area contributed by atoms with Crippen molar-refractivity contribution in [2.24, 2.45) is 5.92 Å². The quantitative estimate of drug-likeness (QED) is 0.903. The number of nitrogens with zero attached hydrogens (tertiary/aromatic N) is 2. The Labute approximate surface area is 136 Å². The van der Waals surface area contributed by atoms with Crippen molar-refractivity contribution in [3.05, 3.63) is 35.9 Å². The number of aliphatic hydroxyl groups is 1. The lowest BCUT2D eigenvalue weighted by molar-refractivity contribution is -0.138. The van der Waals surface area contributed by atoms with Gasteiger partial charge in [0, 0.05) is 32.6 Å². The number of rotatable bonds is 4. The summed E-state index contributed by atoms with van der Waals surface area (Å²) in [6, 6.07) is 10.1. The summed E-state index contributed by atoms with van der Waals surface area (Å²) in [4.78, 5) is 28.2. The molecule has 0 saturated carbocycles. The first kappa shape index (κ1) is 16.0. The van der Waals surface area contributed by atoms with Crippen LogP contribution in [-0.4, -0.2) is 59.0 Å². The molecule has 0 radical (unpaired) electrons. The maximum Gasteiger partial charge on any atom is 0.228 e. The van der Waals surface area contributed by atoms with E-state index in [9.17, 15) is 14.7 Å². The van der Waals surface area contributed by atoms with Crippen molar-refractivity contribution in [1.29, 1.82) is 0 Å². The van der Waals surface area contributed by atoms with Crippen molar-refractivity contribution in [2.75, 3.05) is 26.2 Å². The van der Waals surface area contributed by atoms with Crippen molar-refractivity contribution in [3.8, 4) is 0 Å². The van der Waals surface area contributed by atoms with E-state index in [4.69, 9.17) is 0 Å². The molecule has 3 rings (SSSR count). The van der Waals surface area contributed by atoms with Gasteiger partial charge < -0.3 is 14.9 Å². The van der Waals surface area contributed by atoms with Crippen molar-refractivity contribution in [2.45, 2.75) is 31.8 Å². The van der Waals surface area contributed by atoms with Crippen LogP contribution in [0.4, 0.5) is 0 Å². The first-order valence-electron chi connectivity index (χ1n) is 8.42. The number of hydrogen-bond donors (Lipinski definition) is 1. The monoisotopic (exact) mass is 316 g/mol. The molecule has 2 unspecified atom stereocenters. The summed E-state index contributed by atoms with van der Waals surface area (Å²) in [6.45, 7) is 2.28. The van der Waals surface area contributed by atoms with Gasteiger partial charge in [-0.05, 0) is 24.8 Å². The summed E-state index contributed by atoms with van der Waals surface area (Å²) in [6.07, 6.45) is 2.30. The van der Waals surface area contributed by atoms with Gasteiger partial charge in [0.1, 0.15) is 0 Å². The van der Waals surface area contributed by atoms with Crippen LogP contribution in [0.3, 0.4) is 0 Å². The number of amides is 2. The topological polar surface area (TPSA) is 60.9 Å². The number of carbonyl (C=O) groups excluding carboxylic acids is 2. The highest BCUT2D eigenvalue weighted by Crippen LogP contribution is 2.22. The standard InChI is InChI=1S/C18H24N2O3/c21-16-7-4-9-20(13-16)18(23)15-11-17(22)19(12-15)10-8-14-5-2-1-3-6-14/h1-3,5-6,15-16,21H,4,7-13H2. The third kappa shape index (κ3) is 3.91. The van der Waals surface area contributed by atoms with Gasteiger partial charge in [0.05, 0.1) is 12.0 Å². The molecular formula is C18H24N2O3. The Morgan fingerprint density at radius 3 is 2.74 bits per heavy atom. The number of β-amino-alcohol motifs (C(OH)–C–C–N with tert-alkyl or cyclic N) is 1. The van der Waals surface area contributed by atoms with Crippen LogP contribution in [0.25, 0.3) is 0 Å². The number of benzene rings is 1. The van der Waals surface area contributed by atoms with Crippen LogP contribution in [0.1, 0.15) is 24.8 Å². The van der Waals surface area contributed by atoms with Crippen LogP contribution < -0.4 is 0 Å². The fraction of sp³-hybridized carbons (Fsp3) is 0.556. The van der Waals surface area contributed by atoms with Crippen molar-refractivity contribution in [3.63, 3.8) is 0 Å². The zero-order valence-electron chi connectivity index (χ0n) is 13.4. The van der Waals surface area contributed by atoms with Crippen molar-refractivity contribution in [1.82, 2.24) is 9.80 Å². The summed E-state index contributed by atoms with van der Waals surface area (Å²) < 4.78 is 0. The van der Waals surface area contributed by atoms with Crippen LogP contribution in [0.2, 0.25) is 0 Å². The second-order valence-corrected chi connectivity index (χ2v) is 6.56. The molecule has 2 amide bonds. The third-order valence-corrected chi connectivity index (χ3v) is 4.79. The summed E-state index contributed by atoms with van der Waals surface area (Å²) in [5.74, 6) is -0.153. The number of likely N-dealkylation sites (tertiary alicyclic amines) is 2. The van der Waals surface area contributed by atoms with Gasteiger partial charge in [-0.1, -0.05) is 30.3 Å². The molecule has 0 bridgehead atoms. The van der Waals surface area contributed by atoms with Crippen LogP contribution in [0.15, 0.2) is 30.3 Å². The fourth-order valence-corrected chi connectivity index (χ4v) is 3.48. The highest BCUT2D eigenvalue weighted by atomic mass is 16.3. The lowest BCUT2D eigenvalue weighted by atomic mass is 10.0. The Morgan fingerprint density at radius 1 is 1.22 bits per heavy atom. The summed E-state index contributed by atoms with van der Waals surface area (Å²) >= 11 is 0. The third-order valence-electron chi connectivity index (χ3n) is 4.79. The van der Waals surface area contributed by atoms with E-state index in [1.807, 2.05) is 18.2 Å². The Kier molecular flexibility index (Phi) is 4.96. The minimum absolute atomic E-state index is 0.0271. The van der Waals surface area contributed by atoms with E-state index in [-0.39, 0.29) is 17.7 Å². The fourth-order valence-electron chi connectivity index (χ4n) is 3.48. The molecule has 23 heavy (non-hydrogen) atoms. The predicted octanol–water partition coefficient (Wildman–Crippen LogP) is 1.06. The van der Waals surface area contributed by atoms with E-state index >= 15 is 0 Å². The number of hydrogen-bond acceptors (Lipinski definition) is 3. The predicted molar refractivity (Wildman–Crippen MR) is 86.7 cm³/mol. The molecule has 2 heterocycles. The van der Waals surface area contributed by atoms with Crippen LogP contribution >= 0.6 is 0 Å². The molecule has 2 atom stereocenters. The largest absolute Gasteiger partial charge is 0.391 e. The van der Waals surface area contributed by atoms with Crippen molar-refractivity contribution < 1.29 is 14.7 Å². The molecule has 5 nitrogen and oxygen atoms in total. The Bertz CT molecular complexity index is 561. The Balaban J connectivity index is 1.53. The highest BCUT2D eigenvalue weighted by Gasteiger charge is 2.37. The van der Waals surface area contributed by atoms with E-state index in [0.717, 1.165) is 19.3 Å². The number of piperidine rings is 1. The zero-order chi connectivity index (χ0) is 16.2. The molecule has 0 aromatic heterocycles. The lowest BCUT2D eigenvalue weighted by Gasteiger charge is -2.31. The molecule has 5 heteroatoms. The van der Waals surface area contributed by atoms with Crippen LogP contribution in [-0.2, 0) is 16.0 Å². The van der Waals surface area contributed by atoms with E-state index in [1.54, 1.807) is 9.80 Å². The molecule has 1 aromatic rings. The second-order valence-electron chi connectivity index (χ2n) is 6.56. The maximum absolute atomic E-state index is 12.5. The van der Waals surface area contributed by atoms with Crippen LogP contribution in [0.5, 0.6) is 0 Å². The summed E-state index contributed by atoms with van der Waals surface area (Å²) in [5.41, 5.74) is 1.20. The minimum Gasteiger partial charge on any atom is -0.391 e. The lowest BCUT2D eigenvalue weighted by Crippen LogP contribution is -2.45. The maximum atomic E-state index is 12.5. The smallest absolute Gasteiger partial charge is 0.228 e. The van der Waals surface area contributed by atoms with Gasteiger partial charge in [0.15, 0.2) is 0 Å². The summed E-state index contributed by atoms with van der Waals surface area (Å²) in [5, 5.41) is 9.71. The van der Waals surface area contributed by atoms with Gasteiger partial charge in [0.25, 0.3) is 0 Å². The molecule has 124 valence electrons. The molecular weight excluding hydrogens is 292 g/mol. The minimum atomic E-state index is -0.418. The van der Waals surface area contributed by atoms with Gasteiger partial charge in [-0.3, -0.25) is 9.59 Å². The van der Waals surface area contributed by atoms with E-state index in [0.29, 0.717) is 32.6 Å². The second kappa shape index (κ2) is 7.13. The highest BCUT2D eigenvalue weighted by molar-refractivity contribution is 5.89. The number of aliphatic hydroxyl groups excluding tert-OH is 1. The van der Waals surface area contributed by atoms with Gasteiger partial charge in [-0.2, -0.15) is 0 Å². The average molecular weight is 316 g/mol. The van der Waals surface area contributed by atoms with Crippen molar-refractivity contribution >= 4 is 11.8 Å². The normalized spacial score (nSPS) is 25.0. The SMILES string of the molecule is O=C1CC(C(=O)N2CCCC(O)C2)CN1CCc1ccccc1. The molecule has 2 aliphatic heterocycles. The Hall–Kier alpha value is -1.88. The first-order valence-corrected chi connectivity index (χ1v) is 8.42. The van der Waals surface area contributed by atoms with E-state index < -0.39 is 6.10 Å². The average Bonchev–Trinajstić information content (AvgIpc) is 2.94. The Morgan fingerprint density at radius 2 is 2.00 bits per heavy atom. The molecule has 2 saturated heterocycles. The first-order chi connectivity index (χ1) is 11.1. The summed E-state index contributed by atoms with van der Waals surface area (Å²) in [7, 11) is 0. The molecule has 0 aliphatic carbocycles. The van der Waals surface area contributed by atoms with Gasteiger partial charge in [-0.15, -0.1) is 0 Å². The molecule has 2 fully saturated rings. The molecule has 1 aromatic carbocycles. The van der Waals surface area contributed by atoms with E-state index in [1.165, 1.54) is 5.56 Å². The van der Waals surface area contributed by atoms with E-state index in [2.05, 4.69) is 12.1 Å². The zero-order valence-corrected chi connectivity index (χ0v) is 13.4. The van der Waals surface area contributed by atoms with Crippen LogP contribution in [0, 0.1) is 5.92 Å². The molecule has 1 N–H and O–H groups in total.